The number of nitrogens with one attached hydrogen (secondary N) is 2. The van der Waals surface area contributed by atoms with Crippen molar-refractivity contribution in [2.24, 2.45) is 5.92 Å². The van der Waals surface area contributed by atoms with Crippen molar-refractivity contribution in [2.45, 2.75) is 53.7 Å². The molecule has 0 spiro atoms. The average molecular weight is 294 g/mol. The van der Waals surface area contributed by atoms with Gasteiger partial charge in [-0.25, -0.2) is 0 Å². The summed E-state index contributed by atoms with van der Waals surface area (Å²) in [5.41, 5.74) is 0. The summed E-state index contributed by atoms with van der Waals surface area (Å²) in [7, 11) is 2.07. The van der Waals surface area contributed by atoms with Crippen molar-refractivity contribution >= 4 is 13.4 Å². The normalized spacial score (nSPS) is 11.6. The molecule has 2 unspecified atom stereocenters. The molecule has 0 aromatic heterocycles. The van der Waals surface area contributed by atoms with E-state index in [2.05, 4.69) is 31.4 Å². The monoisotopic (exact) mass is 294 g/mol. The van der Waals surface area contributed by atoms with Gasteiger partial charge in [-0.1, -0.05) is 34.6 Å². The van der Waals surface area contributed by atoms with E-state index in [0.29, 0.717) is 6.29 Å². The molecule has 20 heavy (non-hydrogen) atoms. The predicted molar refractivity (Wildman–Crippen MR) is 86.6 cm³/mol. The van der Waals surface area contributed by atoms with E-state index in [4.69, 9.17) is 15.2 Å². The molecular weight excluding hydrogens is 259 g/mol. The molecule has 0 aromatic rings. The van der Waals surface area contributed by atoms with Crippen molar-refractivity contribution in [1.82, 2.24) is 10.6 Å². The first-order chi connectivity index (χ1) is 9.22. The molecule has 0 fully saturated rings. The van der Waals surface area contributed by atoms with Crippen molar-refractivity contribution in [3.8, 4) is 0 Å². The van der Waals surface area contributed by atoms with E-state index < -0.39 is 19.3 Å². The molecule has 0 amide bonds. The van der Waals surface area contributed by atoms with Gasteiger partial charge >= 0.3 is 7.12 Å². The zero-order valence-electron chi connectivity index (χ0n) is 14.3. The van der Waals surface area contributed by atoms with Crippen LogP contribution in [0.4, 0.5) is 0 Å². The highest BCUT2D eigenvalue weighted by molar-refractivity contribution is 6.41. The summed E-state index contributed by atoms with van der Waals surface area (Å²) in [5.74, 6) is 0.833. The van der Waals surface area contributed by atoms with Crippen LogP contribution in [0.1, 0.15) is 41.5 Å². The van der Waals surface area contributed by atoms with E-state index >= 15 is 0 Å². The van der Waals surface area contributed by atoms with Crippen LogP contribution in [0.15, 0.2) is 0 Å². The van der Waals surface area contributed by atoms with Crippen LogP contribution in [-0.4, -0.2) is 61.2 Å². The van der Waals surface area contributed by atoms with Gasteiger partial charge in [0, 0.05) is 6.44 Å². The fourth-order valence-corrected chi connectivity index (χ4v) is 0.606. The van der Waals surface area contributed by atoms with Crippen LogP contribution >= 0.6 is 0 Å². The maximum atomic E-state index is 9.96. The number of likely N-dealkylation sites (N-methyl/N-ethyl adjacent to an activating group) is 1. The van der Waals surface area contributed by atoms with Crippen molar-refractivity contribution < 1.29 is 19.9 Å². The molecule has 2 atom stereocenters. The summed E-state index contributed by atoms with van der Waals surface area (Å²) < 4.78 is 0. The molecule has 6 nitrogen and oxygen atoms in total. The van der Waals surface area contributed by atoms with E-state index in [-0.39, 0.29) is 6.44 Å². The predicted octanol–water partition coefficient (Wildman–Crippen LogP) is 0.0604. The number of carbonyl (C=O) groups excluding carboxylic acids is 1. The molecule has 0 radical (unpaired) electrons. The molecule has 5 N–H and O–H groups in total. The van der Waals surface area contributed by atoms with Gasteiger partial charge in [0.05, 0.1) is 12.1 Å². The number of hydrogen-bond donors (Lipinski definition) is 5. The minimum Gasteiger partial charge on any atom is -0.426 e. The lowest BCUT2D eigenvalue weighted by atomic mass is 9.93. The summed E-state index contributed by atoms with van der Waals surface area (Å²) in [5, 5.41) is 30.0. The quantitative estimate of drug-likeness (QED) is 0.363. The fourth-order valence-electron chi connectivity index (χ4n) is 0.606. The summed E-state index contributed by atoms with van der Waals surface area (Å²) in [4.78, 5) is 9.96. The highest BCUT2D eigenvalue weighted by Crippen LogP contribution is 1.84. The lowest BCUT2D eigenvalue weighted by molar-refractivity contribution is -0.111. The van der Waals surface area contributed by atoms with Gasteiger partial charge in [0.15, 0.2) is 0 Å². The number of hydrogen-bond acceptors (Lipinski definition) is 6. The van der Waals surface area contributed by atoms with E-state index in [1.54, 1.807) is 21.0 Å². The first kappa shape index (κ1) is 27.8. The molecular formula is C13H35BN2O4. The lowest BCUT2D eigenvalue weighted by Gasteiger charge is -2.10. The Labute approximate surface area is 125 Å². The molecule has 7 heteroatoms. The number of aldehydes is 1. The second-order valence-electron chi connectivity index (χ2n) is 4.46. The third kappa shape index (κ3) is 43.2. The van der Waals surface area contributed by atoms with Crippen LogP contribution in [0.2, 0.25) is 0 Å². The molecule has 0 heterocycles. The van der Waals surface area contributed by atoms with Gasteiger partial charge in [0.25, 0.3) is 0 Å². The Morgan fingerprint density at radius 2 is 1.45 bits per heavy atom. The Morgan fingerprint density at radius 3 is 1.45 bits per heavy atom. The van der Waals surface area contributed by atoms with E-state index in [1.165, 1.54) is 0 Å². The number of carbonyl (C=O) groups is 1. The van der Waals surface area contributed by atoms with E-state index in [0.717, 1.165) is 5.92 Å². The Bertz CT molecular complexity index is 168. The Hall–Kier alpha value is -0.465. The summed E-state index contributed by atoms with van der Waals surface area (Å²) in [6.07, 6.45) is 0.322. The lowest BCUT2D eigenvalue weighted by Crippen LogP contribution is -2.36. The standard InChI is InChI=1S/C5H11NO2.C4H10.C2H8BNO2.C2H6/c1-4(8)5(3-7)6-2;1-4(2)3;1-4-2-3(5)6;1-2/h3-6,8H,1-2H3;4H,1-3H3;4-6H,2H2,1H3;1-2H3. The van der Waals surface area contributed by atoms with E-state index in [9.17, 15) is 4.79 Å². The Balaban J connectivity index is -0.0000000947. The molecule has 0 aromatic carbocycles. The zero-order chi connectivity index (χ0) is 17.1. The minimum absolute atomic E-state index is 0.236. The first-order valence-electron chi connectivity index (χ1n) is 7.04. The van der Waals surface area contributed by atoms with Crippen molar-refractivity contribution in [1.29, 1.82) is 0 Å². The third-order valence-corrected chi connectivity index (χ3v) is 1.39. The number of aliphatic hydroxyl groups is 1. The SMILES string of the molecule is CC.CC(C)C.CNC(C=O)C(C)O.CNCB(O)O. The maximum Gasteiger partial charge on any atom is 0.466 e. The molecule has 0 rings (SSSR count). The van der Waals surface area contributed by atoms with Crippen LogP contribution < -0.4 is 10.6 Å². The van der Waals surface area contributed by atoms with Gasteiger partial charge in [-0.3, -0.25) is 0 Å². The topological polar surface area (TPSA) is 102 Å². The van der Waals surface area contributed by atoms with Gasteiger partial charge in [0.1, 0.15) is 6.29 Å². The largest absolute Gasteiger partial charge is 0.466 e. The molecule has 0 saturated heterocycles. The summed E-state index contributed by atoms with van der Waals surface area (Å²) >= 11 is 0. The highest BCUT2D eigenvalue weighted by atomic mass is 16.4. The van der Waals surface area contributed by atoms with Gasteiger partial charge in [-0.2, -0.15) is 0 Å². The van der Waals surface area contributed by atoms with E-state index in [1.807, 2.05) is 13.8 Å². The maximum absolute atomic E-state index is 9.96. The van der Waals surface area contributed by atoms with Crippen molar-refractivity contribution in [3.63, 3.8) is 0 Å². The smallest absolute Gasteiger partial charge is 0.426 e. The molecule has 0 bridgehead atoms. The molecule has 124 valence electrons. The van der Waals surface area contributed by atoms with Crippen LogP contribution in [0.3, 0.4) is 0 Å². The third-order valence-electron chi connectivity index (χ3n) is 1.39. The second kappa shape index (κ2) is 23.6. The summed E-state index contributed by atoms with van der Waals surface area (Å²) in [6, 6.07) is -0.421. The molecule has 0 saturated carbocycles. The van der Waals surface area contributed by atoms with Crippen molar-refractivity contribution in [2.75, 3.05) is 20.5 Å². The van der Waals surface area contributed by atoms with Gasteiger partial charge in [-0.05, 0) is 26.9 Å². The van der Waals surface area contributed by atoms with Gasteiger partial charge in [0.2, 0.25) is 0 Å². The molecule has 0 aliphatic heterocycles. The highest BCUT2D eigenvalue weighted by Gasteiger charge is 2.08. The van der Waals surface area contributed by atoms with Crippen LogP contribution in [0.25, 0.3) is 0 Å². The average Bonchev–Trinajstić information content (AvgIpc) is 2.32. The summed E-state index contributed by atoms with van der Waals surface area (Å²) in [6.45, 7) is 12.1. The molecule has 0 aliphatic rings. The Morgan fingerprint density at radius 1 is 1.10 bits per heavy atom. The van der Waals surface area contributed by atoms with Crippen molar-refractivity contribution in [3.05, 3.63) is 0 Å². The first-order valence-corrected chi connectivity index (χ1v) is 7.04. The number of rotatable bonds is 5. The van der Waals surface area contributed by atoms with Crippen LogP contribution in [-0.2, 0) is 4.79 Å². The van der Waals surface area contributed by atoms with Gasteiger partial charge in [-0.15, -0.1) is 0 Å². The second-order valence-corrected chi connectivity index (χ2v) is 4.46. The molecule has 0 aliphatic carbocycles. The minimum atomic E-state index is -1.21. The van der Waals surface area contributed by atoms with Gasteiger partial charge < -0.3 is 30.6 Å². The van der Waals surface area contributed by atoms with Crippen LogP contribution in [0.5, 0.6) is 0 Å². The fraction of sp³-hybridized carbons (Fsp3) is 0.923. The van der Waals surface area contributed by atoms with Crippen LogP contribution in [0, 0.1) is 5.92 Å². The zero-order valence-corrected chi connectivity index (χ0v) is 14.3. The number of aliphatic hydroxyl groups excluding tert-OH is 1. The Kier molecular flexibility index (Phi) is 32.8.